The quantitative estimate of drug-likeness (QED) is 0.707. The highest BCUT2D eigenvalue weighted by Crippen LogP contribution is 2.32. The zero-order chi connectivity index (χ0) is 18.9. The van der Waals surface area contributed by atoms with Crippen LogP contribution in [0.3, 0.4) is 0 Å². The number of carbonyl (C=O) groups is 1. The van der Waals surface area contributed by atoms with Crippen LogP contribution >= 0.6 is 11.3 Å². The van der Waals surface area contributed by atoms with Crippen molar-refractivity contribution < 1.29 is 13.2 Å². The minimum atomic E-state index is -3.05. The summed E-state index contributed by atoms with van der Waals surface area (Å²) < 4.78 is 25.5. The van der Waals surface area contributed by atoms with Crippen molar-refractivity contribution in [1.29, 1.82) is 0 Å². The van der Waals surface area contributed by atoms with E-state index in [2.05, 4.69) is 15.4 Å². The van der Waals surface area contributed by atoms with Gasteiger partial charge < -0.3 is 5.32 Å². The first-order valence-corrected chi connectivity index (χ1v) is 11.2. The number of sulfone groups is 1. The number of hydrogen-bond acceptors (Lipinski definition) is 6. The molecular formula is C18H18N4O3S2. The molecule has 0 aromatic carbocycles. The molecule has 3 aromatic heterocycles. The molecule has 1 fully saturated rings. The molecular weight excluding hydrogens is 384 g/mol. The Kier molecular flexibility index (Phi) is 4.79. The van der Waals surface area contributed by atoms with Gasteiger partial charge in [0, 0.05) is 18.9 Å². The molecule has 1 N–H and O–H groups in total. The van der Waals surface area contributed by atoms with Crippen molar-refractivity contribution in [3.8, 4) is 10.6 Å². The van der Waals surface area contributed by atoms with Crippen LogP contribution in [0, 0.1) is 0 Å². The molecule has 4 rings (SSSR count). The molecule has 4 heterocycles. The van der Waals surface area contributed by atoms with E-state index in [1.54, 1.807) is 23.1 Å². The largest absolute Gasteiger partial charge is 0.347 e. The highest BCUT2D eigenvalue weighted by molar-refractivity contribution is 7.91. The second kappa shape index (κ2) is 7.24. The Balaban J connectivity index is 1.60. The van der Waals surface area contributed by atoms with E-state index in [-0.39, 0.29) is 29.1 Å². The molecule has 0 aliphatic carbocycles. The molecule has 1 saturated heterocycles. The van der Waals surface area contributed by atoms with Gasteiger partial charge in [-0.1, -0.05) is 12.1 Å². The minimum Gasteiger partial charge on any atom is -0.347 e. The molecule has 0 saturated carbocycles. The third-order valence-electron chi connectivity index (χ3n) is 4.47. The van der Waals surface area contributed by atoms with E-state index in [0.717, 1.165) is 16.1 Å². The van der Waals surface area contributed by atoms with Crippen LogP contribution in [0.25, 0.3) is 10.6 Å². The van der Waals surface area contributed by atoms with Crippen molar-refractivity contribution in [2.24, 2.45) is 0 Å². The molecule has 1 amide bonds. The molecule has 1 aliphatic heterocycles. The Bertz CT molecular complexity index is 1040. The fourth-order valence-corrected chi connectivity index (χ4v) is 5.56. The average molecular weight is 403 g/mol. The Hall–Kier alpha value is -2.52. The summed E-state index contributed by atoms with van der Waals surface area (Å²) in [5.74, 6) is -0.0791. The summed E-state index contributed by atoms with van der Waals surface area (Å²) in [5, 5.41) is 9.24. The predicted molar refractivity (Wildman–Crippen MR) is 103 cm³/mol. The fraction of sp³-hybridized carbons (Fsp3) is 0.278. The Morgan fingerprint density at radius 1 is 1.33 bits per heavy atom. The van der Waals surface area contributed by atoms with Gasteiger partial charge in [-0.15, -0.1) is 11.3 Å². The van der Waals surface area contributed by atoms with Gasteiger partial charge in [-0.25, -0.2) is 8.42 Å². The standard InChI is InChI=1S/C18H18N4O3S2/c23-18(20-11-13-3-1-6-19-10-13)15-9-16(17-4-2-7-26-17)22(21-15)14-5-8-27(24,25)12-14/h1-4,6-7,9-10,14H,5,8,11-12H2,(H,20,23)/t14-/m1/s1. The molecule has 7 nitrogen and oxygen atoms in total. The molecule has 27 heavy (non-hydrogen) atoms. The summed E-state index contributed by atoms with van der Waals surface area (Å²) >= 11 is 1.53. The van der Waals surface area contributed by atoms with E-state index < -0.39 is 9.84 Å². The number of thiophene rings is 1. The number of nitrogens with one attached hydrogen (secondary N) is 1. The summed E-state index contributed by atoms with van der Waals surface area (Å²) in [7, 11) is -3.05. The van der Waals surface area contributed by atoms with Crippen LogP contribution in [0.2, 0.25) is 0 Å². The van der Waals surface area contributed by atoms with E-state index in [9.17, 15) is 13.2 Å². The smallest absolute Gasteiger partial charge is 0.272 e. The molecule has 0 bridgehead atoms. The van der Waals surface area contributed by atoms with E-state index >= 15 is 0 Å². The van der Waals surface area contributed by atoms with E-state index in [4.69, 9.17) is 0 Å². The molecule has 3 aromatic rings. The molecule has 0 radical (unpaired) electrons. The maximum absolute atomic E-state index is 12.6. The molecule has 140 valence electrons. The average Bonchev–Trinajstić information content (AvgIpc) is 3.39. The first-order chi connectivity index (χ1) is 13.0. The Morgan fingerprint density at radius 3 is 2.89 bits per heavy atom. The van der Waals surface area contributed by atoms with Crippen molar-refractivity contribution in [3.05, 3.63) is 59.4 Å². The van der Waals surface area contributed by atoms with Crippen LogP contribution in [0.15, 0.2) is 48.1 Å². The minimum absolute atomic E-state index is 0.0593. The van der Waals surface area contributed by atoms with Gasteiger partial charge in [0.05, 0.1) is 28.1 Å². The number of rotatable bonds is 5. The van der Waals surface area contributed by atoms with Gasteiger partial charge in [0.15, 0.2) is 15.5 Å². The number of pyridine rings is 1. The monoisotopic (exact) mass is 402 g/mol. The highest BCUT2D eigenvalue weighted by Gasteiger charge is 2.32. The fourth-order valence-electron chi connectivity index (χ4n) is 3.14. The zero-order valence-electron chi connectivity index (χ0n) is 14.4. The highest BCUT2D eigenvalue weighted by atomic mass is 32.2. The second-order valence-corrected chi connectivity index (χ2v) is 9.61. The van der Waals surface area contributed by atoms with Crippen LogP contribution in [-0.4, -0.2) is 40.6 Å². The number of amides is 1. The van der Waals surface area contributed by atoms with E-state index in [0.29, 0.717) is 13.0 Å². The lowest BCUT2D eigenvalue weighted by Crippen LogP contribution is -2.24. The van der Waals surface area contributed by atoms with E-state index in [1.807, 2.05) is 29.6 Å². The van der Waals surface area contributed by atoms with Gasteiger partial charge in [-0.3, -0.25) is 14.5 Å². The first kappa shape index (κ1) is 17.9. The van der Waals surface area contributed by atoms with Crippen molar-refractivity contribution in [2.45, 2.75) is 19.0 Å². The van der Waals surface area contributed by atoms with Crippen LogP contribution in [0.4, 0.5) is 0 Å². The number of aromatic nitrogens is 3. The van der Waals surface area contributed by atoms with Crippen molar-refractivity contribution in [2.75, 3.05) is 11.5 Å². The Labute approximate surface area is 161 Å². The van der Waals surface area contributed by atoms with E-state index in [1.165, 1.54) is 11.3 Å². The van der Waals surface area contributed by atoms with Crippen molar-refractivity contribution in [1.82, 2.24) is 20.1 Å². The number of carbonyl (C=O) groups excluding carboxylic acids is 1. The Morgan fingerprint density at radius 2 is 2.22 bits per heavy atom. The van der Waals surface area contributed by atoms with Crippen LogP contribution in [-0.2, 0) is 16.4 Å². The number of nitrogens with zero attached hydrogens (tertiary/aromatic N) is 3. The lowest BCUT2D eigenvalue weighted by atomic mass is 10.2. The van der Waals surface area contributed by atoms with Gasteiger partial charge in [-0.05, 0) is 35.6 Å². The molecule has 0 unspecified atom stereocenters. The summed E-state index contributed by atoms with van der Waals surface area (Å²) in [4.78, 5) is 17.6. The lowest BCUT2D eigenvalue weighted by Gasteiger charge is -2.12. The van der Waals surface area contributed by atoms with Crippen molar-refractivity contribution in [3.63, 3.8) is 0 Å². The third-order valence-corrected chi connectivity index (χ3v) is 7.11. The van der Waals surface area contributed by atoms with Gasteiger partial charge in [0.25, 0.3) is 5.91 Å². The summed E-state index contributed by atoms with van der Waals surface area (Å²) in [6.07, 6.45) is 3.88. The maximum Gasteiger partial charge on any atom is 0.272 e. The van der Waals surface area contributed by atoms with Crippen LogP contribution in [0.1, 0.15) is 28.5 Å². The normalized spacial score (nSPS) is 18.4. The van der Waals surface area contributed by atoms with Crippen LogP contribution < -0.4 is 5.32 Å². The zero-order valence-corrected chi connectivity index (χ0v) is 16.0. The second-order valence-electron chi connectivity index (χ2n) is 6.44. The van der Waals surface area contributed by atoms with Crippen molar-refractivity contribution >= 4 is 27.1 Å². The molecule has 1 atom stereocenters. The van der Waals surface area contributed by atoms with Gasteiger partial charge in [0.2, 0.25) is 0 Å². The predicted octanol–water partition coefficient (Wildman–Crippen LogP) is 2.30. The topological polar surface area (TPSA) is 94.0 Å². The summed E-state index contributed by atoms with van der Waals surface area (Å²) in [6, 6.07) is 9.05. The molecule has 9 heteroatoms. The first-order valence-electron chi connectivity index (χ1n) is 8.53. The molecule has 0 spiro atoms. The summed E-state index contributed by atoms with van der Waals surface area (Å²) in [6.45, 7) is 0.353. The molecule has 1 aliphatic rings. The van der Waals surface area contributed by atoms with Gasteiger partial charge in [0.1, 0.15) is 0 Å². The maximum atomic E-state index is 12.6. The lowest BCUT2D eigenvalue weighted by molar-refractivity contribution is 0.0945. The number of hydrogen-bond donors (Lipinski definition) is 1. The summed E-state index contributed by atoms with van der Waals surface area (Å²) in [5.41, 5.74) is 1.95. The van der Waals surface area contributed by atoms with Crippen LogP contribution in [0.5, 0.6) is 0 Å². The van der Waals surface area contributed by atoms with Gasteiger partial charge >= 0.3 is 0 Å². The third kappa shape index (κ3) is 3.93. The van der Waals surface area contributed by atoms with Gasteiger partial charge in [-0.2, -0.15) is 5.10 Å². The SMILES string of the molecule is O=C(NCc1cccnc1)c1cc(-c2cccs2)n([C@@H]2CCS(=O)(=O)C2)n1.